The normalized spacial score (nSPS) is 12.3. The Morgan fingerprint density at radius 1 is 1.33 bits per heavy atom. The molecule has 1 heterocycles. The quantitative estimate of drug-likeness (QED) is 0.303. The fraction of sp³-hybridized carbons (Fsp3) is 0.417. The van der Waals surface area contributed by atoms with Gasteiger partial charge in [-0.2, -0.15) is 20.5 Å². The number of hydrogen-bond acceptors (Lipinski definition) is 6. The van der Waals surface area contributed by atoms with Gasteiger partial charge in [0.15, 0.2) is 0 Å². The van der Waals surface area contributed by atoms with Crippen LogP contribution in [-0.2, 0) is 16.7 Å². The Hall–Kier alpha value is 1.97. The van der Waals surface area contributed by atoms with E-state index in [4.69, 9.17) is 4.89 Å². The zero-order valence-electron chi connectivity index (χ0n) is 15.2. The smallest absolute Gasteiger partial charge is 0.420 e. The van der Waals surface area contributed by atoms with Gasteiger partial charge in [0, 0.05) is 101 Å². The number of alkyl halides is 2. The molecular weight excluding hydrogens is 498 g/mol. The summed E-state index contributed by atoms with van der Waals surface area (Å²) in [4.78, 5) is 9.06. The van der Waals surface area contributed by atoms with Crippen molar-refractivity contribution < 1.29 is 22.8 Å². The minimum Gasteiger partial charge on any atom is -0.420 e. The number of halogens is 3. The van der Waals surface area contributed by atoms with E-state index < -0.39 is 13.8 Å². The molecule has 0 spiro atoms. The second kappa shape index (κ2) is 15.7. The number of nitrogens with zero attached hydrogens (tertiary/aromatic N) is 3. The van der Waals surface area contributed by atoms with Gasteiger partial charge in [-0.15, -0.1) is 5.10 Å². The molecule has 0 saturated heterocycles. The summed E-state index contributed by atoms with van der Waals surface area (Å²) >= 11 is 4.85. The number of rotatable bonds is 9. The van der Waals surface area contributed by atoms with Crippen LogP contribution in [0.4, 0.5) is 8.78 Å². The van der Waals surface area contributed by atoms with E-state index in [9.17, 15) is 13.3 Å². The van der Waals surface area contributed by atoms with Crippen LogP contribution in [0.25, 0.3) is 0 Å². The standard InChI is InChI=1S/C12H14BrF2N4O3PS.3Na/c13-9-6-8(3-4-10(9)22-23(20,21)12(14)15)7-24-5-1-2-11-16-18-19-17-11;;;/h3-4,6,12H,1-2,5,7H2,(H,20,21)(H,16,17,18,19);;;. The van der Waals surface area contributed by atoms with Crippen molar-refractivity contribution in [3.05, 3.63) is 34.1 Å². The third-order valence-electron chi connectivity index (χ3n) is 2.83. The second-order valence-corrected chi connectivity index (χ2v) is 8.36. The maximum Gasteiger partial charge on any atom is 0.442 e. The Labute approximate surface area is 234 Å². The molecule has 7 nitrogen and oxygen atoms in total. The van der Waals surface area contributed by atoms with Gasteiger partial charge in [0.25, 0.3) is 0 Å². The fourth-order valence-corrected chi connectivity index (χ4v) is 3.77. The molecule has 1 aromatic carbocycles. The fourth-order valence-electron chi connectivity index (χ4n) is 1.71. The van der Waals surface area contributed by atoms with E-state index in [1.54, 1.807) is 23.9 Å². The molecule has 2 N–H and O–H groups in total. The molecule has 0 aliphatic carbocycles. The van der Waals surface area contributed by atoms with Crippen molar-refractivity contribution in [3.63, 3.8) is 0 Å². The summed E-state index contributed by atoms with van der Waals surface area (Å²) in [5.74, 6) is 2.26. The van der Waals surface area contributed by atoms with Crippen LogP contribution in [0.1, 0.15) is 17.8 Å². The van der Waals surface area contributed by atoms with Crippen LogP contribution in [0, 0.1) is 0 Å². The first kappa shape index (κ1) is 31.2. The molecule has 0 amide bonds. The van der Waals surface area contributed by atoms with Gasteiger partial charge < -0.3 is 9.42 Å². The molecule has 0 saturated carbocycles. The summed E-state index contributed by atoms with van der Waals surface area (Å²) in [7, 11) is -4.97. The molecule has 135 valence electrons. The zero-order valence-corrected chi connectivity index (χ0v) is 24.5. The van der Waals surface area contributed by atoms with Gasteiger partial charge in [-0.05, 0) is 56.2 Å². The SMILES string of the molecule is O=P(O)(Oc1ccc(CSCCCc2nnn[nH]2)cc1Br)C(F)F.[Na].[Na].[Na]. The van der Waals surface area contributed by atoms with Crippen LogP contribution in [0.15, 0.2) is 22.7 Å². The summed E-state index contributed by atoms with van der Waals surface area (Å²) in [5.41, 5.74) is 0.936. The van der Waals surface area contributed by atoms with Crippen molar-refractivity contribution in [2.24, 2.45) is 0 Å². The van der Waals surface area contributed by atoms with Crippen molar-refractivity contribution in [1.29, 1.82) is 0 Å². The molecule has 0 fully saturated rings. The second-order valence-electron chi connectivity index (χ2n) is 4.70. The summed E-state index contributed by atoms with van der Waals surface area (Å²) in [6.07, 6.45) is -1.78. The number of aromatic amines is 1. The number of nitrogens with one attached hydrogen (secondary N) is 1. The minimum atomic E-state index is -4.97. The Balaban J connectivity index is 0. The van der Waals surface area contributed by atoms with Gasteiger partial charge in [0.05, 0.1) is 4.47 Å². The van der Waals surface area contributed by atoms with Crippen molar-refractivity contribution in [1.82, 2.24) is 20.6 Å². The maximum atomic E-state index is 12.4. The van der Waals surface area contributed by atoms with Gasteiger partial charge in [-0.1, -0.05) is 6.07 Å². The van der Waals surface area contributed by atoms with Gasteiger partial charge in [0.1, 0.15) is 11.6 Å². The van der Waals surface area contributed by atoms with E-state index in [0.29, 0.717) is 10.2 Å². The van der Waals surface area contributed by atoms with Crippen molar-refractivity contribution in [2.45, 2.75) is 24.8 Å². The first-order valence-corrected chi connectivity index (χ1v) is 10.4. The van der Waals surface area contributed by atoms with E-state index in [0.717, 1.165) is 30.0 Å². The first-order chi connectivity index (χ1) is 11.4. The third-order valence-corrected chi connectivity index (χ3v) is 5.52. The molecule has 3 radical (unpaired) electrons. The summed E-state index contributed by atoms with van der Waals surface area (Å²) in [5, 5.41) is 13.5. The largest absolute Gasteiger partial charge is 0.442 e. The Bertz CT molecular complexity index is 721. The Kier molecular flexibility index (Phi) is 18.1. The summed E-state index contributed by atoms with van der Waals surface area (Å²) in [6, 6.07) is 4.73. The van der Waals surface area contributed by atoms with E-state index in [2.05, 4.69) is 41.1 Å². The molecule has 15 heteroatoms. The number of thioether (sulfide) groups is 1. The van der Waals surface area contributed by atoms with Crippen molar-refractivity contribution >= 4 is 124 Å². The molecular formula is C12H14BrF2N4Na3O3PS. The van der Waals surface area contributed by atoms with Crippen LogP contribution < -0.4 is 4.52 Å². The number of tetrazole rings is 1. The molecule has 0 aliphatic rings. The number of hydrogen-bond donors (Lipinski definition) is 2. The Morgan fingerprint density at radius 2 is 2.04 bits per heavy atom. The van der Waals surface area contributed by atoms with Crippen LogP contribution in [-0.4, -0.2) is 126 Å². The molecule has 2 rings (SSSR count). The van der Waals surface area contributed by atoms with E-state index in [-0.39, 0.29) is 94.4 Å². The topological polar surface area (TPSA) is 101 Å². The van der Waals surface area contributed by atoms with Crippen molar-refractivity contribution in [3.8, 4) is 5.75 Å². The number of aromatic nitrogens is 4. The van der Waals surface area contributed by atoms with Crippen molar-refractivity contribution in [2.75, 3.05) is 5.75 Å². The average molecular weight is 512 g/mol. The van der Waals surface area contributed by atoms with Gasteiger partial charge >= 0.3 is 13.8 Å². The van der Waals surface area contributed by atoms with E-state index in [1.807, 2.05) is 0 Å². The molecule has 1 aromatic heterocycles. The Morgan fingerprint density at radius 3 is 2.59 bits per heavy atom. The predicted octanol–water partition coefficient (Wildman–Crippen LogP) is 2.47. The molecule has 0 aliphatic heterocycles. The monoisotopic (exact) mass is 511 g/mol. The minimum absolute atomic E-state index is 0. The van der Waals surface area contributed by atoms with E-state index in [1.165, 1.54) is 6.07 Å². The van der Waals surface area contributed by atoms with Crippen LogP contribution in [0.2, 0.25) is 0 Å². The van der Waals surface area contributed by atoms with Gasteiger partial charge in [-0.25, -0.2) is 9.66 Å². The van der Waals surface area contributed by atoms with Gasteiger partial charge in [0.2, 0.25) is 0 Å². The number of H-pyrrole nitrogens is 1. The molecule has 0 bridgehead atoms. The van der Waals surface area contributed by atoms with Gasteiger partial charge in [-0.3, -0.25) is 0 Å². The predicted molar refractivity (Wildman–Crippen MR) is 107 cm³/mol. The maximum absolute atomic E-state index is 12.4. The van der Waals surface area contributed by atoms with Crippen LogP contribution >= 0.6 is 35.3 Å². The molecule has 1 unspecified atom stereocenters. The van der Waals surface area contributed by atoms with Crippen LogP contribution in [0.3, 0.4) is 0 Å². The summed E-state index contributed by atoms with van der Waals surface area (Å²) in [6.45, 7) is 0. The molecule has 2 aromatic rings. The molecule has 27 heavy (non-hydrogen) atoms. The summed E-state index contributed by atoms with van der Waals surface area (Å²) < 4.78 is 40.8. The number of benzene rings is 1. The van der Waals surface area contributed by atoms with Crippen LogP contribution in [0.5, 0.6) is 5.75 Å². The van der Waals surface area contributed by atoms with E-state index >= 15 is 0 Å². The first-order valence-electron chi connectivity index (χ1n) is 6.77. The third kappa shape index (κ3) is 11.2. The molecule has 1 atom stereocenters. The average Bonchev–Trinajstić information content (AvgIpc) is 3.02. The number of aryl methyl sites for hydroxylation is 1. The zero-order chi connectivity index (χ0) is 17.6.